The highest BCUT2D eigenvalue weighted by Gasteiger charge is 2.19. The Hall–Kier alpha value is -1.30. The number of anilines is 1. The van der Waals surface area contributed by atoms with Gasteiger partial charge in [0.1, 0.15) is 5.56 Å². The van der Waals surface area contributed by atoms with Gasteiger partial charge < -0.3 is 10.4 Å². The van der Waals surface area contributed by atoms with Crippen LogP contribution in [0.1, 0.15) is 24.2 Å². The zero-order valence-electron chi connectivity index (χ0n) is 9.95. The first-order valence-electron chi connectivity index (χ1n) is 5.04. The van der Waals surface area contributed by atoms with Crippen LogP contribution in [-0.4, -0.2) is 33.6 Å². The first kappa shape index (κ1) is 13.8. The van der Waals surface area contributed by atoms with Crippen molar-refractivity contribution in [3.8, 4) is 0 Å². The van der Waals surface area contributed by atoms with Crippen molar-refractivity contribution >= 4 is 23.5 Å². The Labute approximate surface area is 104 Å². The molecule has 0 saturated carbocycles. The molecule has 0 aromatic carbocycles. The van der Waals surface area contributed by atoms with Crippen molar-refractivity contribution < 1.29 is 14.3 Å². The number of carboxylic acids is 1. The van der Waals surface area contributed by atoms with Crippen LogP contribution >= 0.6 is 11.8 Å². The lowest BCUT2D eigenvalue weighted by Gasteiger charge is -2.22. The topological polar surface area (TPSA) is 62.2 Å². The third-order valence-electron chi connectivity index (χ3n) is 2.35. The maximum atomic E-state index is 13.7. The second-order valence-electron chi connectivity index (χ2n) is 4.14. The number of rotatable bonds is 5. The fraction of sp³-hybridized carbons (Fsp3) is 0.455. The molecule has 0 aliphatic heterocycles. The molecule has 0 spiro atoms. The van der Waals surface area contributed by atoms with Gasteiger partial charge in [-0.2, -0.15) is 11.8 Å². The second kappa shape index (κ2) is 5.35. The van der Waals surface area contributed by atoms with E-state index >= 15 is 0 Å². The van der Waals surface area contributed by atoms with Gasteiger partial charge in [-0.3, -0.25) is 0 Å². The molecule has 2 N–H and O–H groups in total. The van der Waals surface area contributed by atoms with Crippen LogP contribution in [0.15, 0.2) is 12.3 Å². The number of halogens is 1. The third kappa shape index (κ3) is 3.59. The van der Waals surface area contributed by atoms with Crippen LogP contribution in [0.5, 0.6) is 0 Å². The Morgan fingerprint density at radius 1 is 1.65 bits per heavy atom. The fourth-order valence-corrected chi connectivity index (χ4v) is 1.32. The summed E-state index contributed by atoms with van der Waals surface area (Å²) >= 11 is 1.63. The quantitative estimate of drug-likeness (QED) is 0.849. The minimum atomic E-state index is -1.29. The summed E-state index contributed by atoms with van der Waals surface area (Å²) in [5, 5.41) is 11.6. The number of nitrogens with zero attached hydrogens (tertiary/aromatic N) is 1. The predicted molar refractivity (Wildman–Crippen MR) is 67.2 cm³/mol. The van der Waals surface area contributed by atoms with E-state index in [-0.39, 0.29) is 16.1 Å². The minimum absolute atomic E-state index is 0.0213. The minimum Gasteiger partial charge on any atom is -0.478 e. The molecule has 0 atom stereocenters. The van der Waals surface area contributed by atoms with Crippen LogP contribution < -0.4 is 5.32 Å². The predicted octanol–water partition coefficient (Wildman–Crippen LogP) is 2.47. The van der Waals surface area contributed by atoms with Crippen molar-refractivity contribution in [1.82, 2.24) is 4.98 Å². The van der Waals surface area contributed by atoms with Gasteiger partial charge in [-0.25, -0.2) is 14.2 Å². The molecular weight excluding hydrogens is 243 g/mol. The molecule has 0 aliphatic rings. The molecule has 0 unspecified atom stereocenters. The van der Waals surface area contributed by atoms with E-state index in [9.17, 15) is 9.18 Å². The second-order valence-corrected chi connectivity index (χ2v) is 5.66. The molecule has 1 aromatic rings. The van der Waals surface area contributed by atoms with Gasteiger partial charge in [0.2, 0.25) is 0 Å². The lowest BCUT2D eigenvalue weighted by molar-refractivity contribution is 0.0692. The van der Waals surface area contributed by atoms with E-state index in [4.69, 9.17) is 5.11 Å². The van der Waals surface area contributed by atoms with Crippen LogP contribution in [-0.2, 0) is 0 Å². The Morgan fingerprint density at radius 3 is 2.82 bits per heavy atom. The van der Waals surface area contributed by atoms with Gasteiger partial charge >= 0.3 is 5.97 Å². The van der Waals surface area contributed by atoms with Gasteiger partial charge in [0.05, 0.1) is 0 Å². The summed E-state index contributed by atoms with van der Waals surface area (Å²) in [7, 11) is 0. The first-order chi connectivity index (χ1) is 7.87. The average Bonchev–Trinajstić information content (AvgIpc) is 2.27. The number of carboxylic acid groups (broad SMARTS) is 1. The smallest absolute Gasteiger partial charge is 0.338 e. The van der Waals surface area contributed by atoms with Gasteiger partial charge in [-0.15, -0.1) is 0 Å². The molecule has 0 saturated heterocycles. The fourth-order valence-electron chi connectivity index (χ4n) is 1.10. The standard InChI is InChI=1S/C11H15FN2O2S/c1-11(2,17-3)6-14-9-8(12)7(10(15)16)4-5-13-9/h4-5H,6H2,1-3H3,(H,13,14)(H,15,16). The lowest BCUT2D eigenvalue weighted by atomic mass is 10.2. The maximum absolute atomic E-state index is 13.7. The number of carbonyl (C=O) groups is 1. The van der Waals surface area contributed by atoms with Gasteiger partial charge in [0, 0.05) is 17.5 Å². The molecule has 1 rings (SSSR count). The monoisotopic (exact) mass is 258 g/mol. The van der Waals surface area contributed by atoms with Gasteiger partial charge in [0.25, 0.3) is 0 Å². The number of pyridine rings is 1. The summed E-state index contributed by atoms with van der Waals surface area (Å²) < 4.78 is 13.6. The summed E-state index contributed by atoms with van der Waals surface area (Å²) in [6.07, 6.45) is 3.24. The number of nitrogens with one attached hydrogen (secondary N) is 1. The van der Waals surface area contributed by atoms with E-state index in [1.165, 1.54) is 6.20 Å². The molecular formula is C11H15FN2O2S. The normalized spacial score (nSPS) is 11.3. The van der Waals surface area contributed by atoms with Gasteiger partial charge in [-0.05, 0) is 26.2 Å². The lowest BCUT2D eigenvalue weighted by Crippen LogP contribution is -2.26. The van der Waals surface area contributed by atoms with Crippen molar-refractivity contribution in [3.05, 3.63) is 23.6 Å². The molecule has 17 heavy (non-hydrogen) atoms. The van der Waals surface area contributed by atoms with Crippen molar-refractivity contribution in [1.29, 1.82) is 0 Å². The summed E-state index contributed by atoms with van der Waals surface area (Å²) in [6.45, 7) is 4.51. The summed E-state index contributed by atoms with van der Waals surface area (Å²) in [5.41, 5.74) is -0.371. The number of thioether (sulfide) groups is 1. The van der Waals surface area contributed by atoms with E-state index in [1.54, 1.807) is 11.8 Å². The Kier molecular flexibility index (Phi) is 4.34. The van der Waals surface area contributed by atoms with E-state index < -0.39 is 11.8 Å². The molecule has 0 fully saturated rings. The van der Waals surface area contributed by atoms with E-state index in [0.29, 0.717) is 6.54 Å². The molecule has 6 heteroatoms. The molecule has 0 aliphatic carbocycles. The molecule has 1 aromatic heterocycles. The number of aromatic carboxylic acids is 1. The molecule has 1 heterocycles. The van der Waals surface area contributed by atoms with Crippen LogP contribution in [0.2, 0.25) is 0 Å². The molecule has 0 radical (unpaired) electrons. The van der Waals surface area contributed by atoms with Crippen LogP contribution in [0.25, 0.3) is 0 Å². The highest BCUT2D eigenvalue weighted by Crippen LogP contribution is 2.22. The number of aromatic nitrogens is 1. The van der Waals surface area contributed by atoms with Crippen molar-refractivity contribution in [2.24, 2.45) is 0 Å². The maximum Gasteiger partial charge on any atom is 0.338 e. The summed E-state index contributed by atoms with van der Waals surface area (Å²) in [4.78, 5) is 14.5. The highest BCUT2D eigenvalue weighted by molar-refractivity contribution is 7.99. The highest BCUT2D eigenvalue weighted by atomic mass is 32.2. The van der Waals surface area contributed by atoms with E-state index in [2.05, 4.69) is 10.3 Å². The molecule has 0 amide bonds. The van der Waals surface area contributed by atoms with Crippen molar-refractivity contribution in [2.45, 2.75) is 18.6 Å². The van der Waals surface area contributed by atoms with E-state index in [0.717, 1.165) is 6.07 Å². The Bertz CT molecular complexity index is 424. The first-order valence-corrected chi connectivity index (χ1v) is 6.26. The zero-order chi connectivity index (χ0) is 13.1. The largest absolute Gasteiger partial charge is 0.478 e. The third-order valence-corrected chi connectivity index (χ3v) is 3.60. The Morgan fingerprint density at radius 2 is 2.29 bits per heavy atom. The summed E-state index contributed by atoms with van der Waals surface area (Å²) in [5.74, 6) is -2.14. The average molecular weight is 258 g/mol. The Balaban J connectivity index is 2.86. The van der Waals surface area contributed by atoms with Crippen LogP contribution in [0.4, 0.5) is 10.2 Å². The van der Waals surface area contributed by atoms with Crippen molar-refractivity contribution in [3.63, 3.8) is 0 Å². The SMILES string of the molecule is CSC(C)(C)CNc1nccc(C(=O)O)c1F. The summed E-state index contributed by atoms with van der Waals surface area (Å²) in [6, 6.07) is 1.14. The van der Waals surface area contributed by atoms with Crippen LogP contribution in [0.3, 0.4) is 0 Å². The number of hydrogen-bond acceptors (Lipinski definition) is 4. The van der Waals surface area contributed by atoms with Crippen molar-refractivity contribution in [2.75, 3.05) is 18.1 Å². The van der Waals surface area contributed by atoms with Crippen LogP contribution in [0, 0.1) is 5.82 Å². The number of hydrogen-bond donors (Lipinski definition) is 2. The van der Waals surface area contributed by atoms with Gasteiger partial charge in [-0.1, -0.05) is 0 Å². The zero-order valence-corrected chi connectivity index (χ0v) is 10.8. The molecule has 0 bridgehead atoms. The molecule has 94 valence electrons. The van der Waals surface area contributed by atoms with E-state index in [1.807, 2.05) is 20.1 Å². The van der Waals surface area contributed by atoms with Gasteiger partial charge in [0.15, 0.2) is 11.6 Å². The molecule has 4 nitrogen and oxygen atoms in total.